The Bertz CT molecular complexity index is 957. The van der Waals surface area contributed by atoms with E-state index in [0.29, 0.717) is 25.1 Å². The van der Waals surface area contributed by atoms with Gasteiger partial charge in [0.15, 0.2) is 0 Å². The summed E-state index contributed by atoms with van der Waals surface area (Å²) in [6, 6.07) is 15.9. The first kappa shape index (κ1) is 23.3. The van der Waals surface area contributed by atoms with Crippen LogP contribution in [0.15, 0.2) is 59.5 Å². The summed E-state index contributed by atoms with van der Waals surface area (Å²) in [5.74, 6) is 0.605. The number of carbonyl (C=O) groups excluding carboxylic acids is 1. The molecular weight excluding hydrogens is 412 g/mol. The molecule has 7 heteroatoms. The van der Waals surface area contributed by atoms with Crippen LogP contribution in [0.25, 0.3) is 0 Å². The average Bonchev–Trinajstić information content (AvgIpc) is 2.82. The third kappa shape index (κ3) is 6.08. The topological polar surface area (TPSA) is 66.9 Å². The third-order valence-electron chi connectivity index (χ3n) is 5.84. The SMILES string of the molecule is CN(CCCOc1ccccc1)C(=O)c1cccc(S(=O)(=O)N(C)C2CCCCC2)c1. The van der Waals surface area contributed by atoms with Crippen LogP contribution in [0.5, 0.6) is 5.75 Å². The Morgan fingerprint density at radius 1 is 1.00 bits per heavy atom. The van der Waals surface area contributed by atoms with E-state index in [-0.39, 0.29) is 16.8 Å². The zero-order chi connectivity index (χ0) is 22.3. The Labute approximate surface area is 185 Å². The summed E-state index contributed by atoms with van der Waals surface area (Å²) < 4.78 is 33.4. The highest BCUT2D eigenvalue weighted by molar-refractivity contribution is 7.89. The van der Waals surface area contributed by atoms with Crippen molar-refractivity contribution in [3.05, 3.63) is 60.2 Å². The lowest BCUT2D eigenvalue weighted by Gasteiger charge is -2.30. The highest BCUT2D eigenvalue weighted by Crippen LogP contribution is 2.27. The van der Waals surface area contributed by atoms with E-state index in [1.54, 1.807) is 37.2 Å². The largest absolute Gasteiger partial charge is 0.494 e. The van der Waals surface area contributed by atoms with Crippen molar-refractivity contribution >= 4 is 15.9 Å². The van der Waals surface area contributed by atoms with Gasteiger partial charge in [-0.25, -0.2) is 8.42 Å². The van der Waals surface area contributed by atoms with Crippen LogP contribution in [0.2, 0.25) is 0 Å². The Morgan fingerprint density at radius 3 is 2.42 bits per heavy atom. The number of para-hydroxylation sites is 1. The minimum atomic E-state index is -3.63. The van der Waals surface area contributed by atoms with Gasteiger partial charge in [-0.1, -0.05) is 43.5 Å². The molecule has 2 aromatic carbocycles. The van der Waals surface area contributed by atoms with Gasteiger partial charge in [-0.2, -0.15) is 4.31 Å². The molecule has 0 heterocycles. The molecule has 2 aromatic rings. The predicted octanol–water partition coefficient (Wildman–Crippen LogP) is 4.18. The lowest BCUT2D eigenvalue weighted by atomic mass is 9.96. The zero-order valence-corrected chi connectivity index (χ0v) is 19.2. The number of hydrogen-bond acceptors (Lipinski definition) is 4. The van der Waals surface area contributed by atoms with Crippen LogP contribution in [0.3, 0.4) is 0 Å². The van der Waals surface area contributed by atoms with Crippen LogP contribution in [0, 0.1) is 0 Å². The second-order valence-corrected chi connectivity index (χ2v) is 10.1. The number of nitrogens with zero attached hydrogens (tertiary/aromatic N) is 2. The van der Waals surface area contributed by atoms with Crippen LogP contribution in [-0.4, -0.2) is 56.8 Å². The van der Waals surface area contributed by atoms with Crippen LogP contribution in [0.1, 0.15) is 48.9 Å². The lowest BCUT2D eigenvalue weighted by Crippen LogP contribution is -2.38. The second-order valence-electron chi connectivity index (χ2n) is 8.08. The van der Waals surface area contributed by atoms with Gasteiger partial charge in [0.1, 0.15) is 5.75 Å². The van der Waals surface area contributed by atoms with Crippen molar-refractivity contribution in [1.82, 2.24) is 9.21 Å². The summed E-state index contributed by atoms with van der Waals surface area (Å²) in [5, 5.41) is 0. The van der Waals surface area contributed by atoms with E-state index in [2.05, 4.69) is 0 Å². The summed E-state index contributed by atoms with van der Waals surface area (Å²) in [4.78, 5) is 14.6. The number of carbonyl (C=O) groups is 1. The first-order valence-electron chi connectivity index (χ1n) is 10.9. The van der Waals surface area contributed by atoms with Gasteiger partial charge in [0.05, 0.1) is 11.5 Å². The van der Waals surface area contributed by atoms with Crippen molar-refractivity contribution in [2.24, 2.45) is 0 Å². The Morgan fingerprint density at radius 2 is 1.71 bits per heavy atom. The Kier molecular flexibility index (Phi) is 8.09. The minimum absolute atomic E-state index is 0.0328. The number of benzene rings is 2. The van der Waals surface area contributed by atoms with Crippen LogP contribution in [0.4, 0.5) is 0 Å². The van der Waals surface area contributed by atoms with Crippen molar-refractivity contribution in [1.29, 1.82) is 0 Å². The van der Waals surface area contributed by atoms with Gasteiger partial charge in [-0.3, -0.25) is 4.79 Å². The van der Waals surface area contributed by atoms with Crippen molar-refractivity contribution in [2.45, 2.75) is 49.5 Å². The fraction of sp³-hybridized carbons (Fsp3) is 0.458. The summed E-state index contributed by atoms with van der Waals surface area (Å²) in [6.07, 6.45) is 5.74. The molecule has 31 heavy (non-hydrogen) atoms. The van der Waals surface area contributed by atoms with Crippen LogP contribution >= 0.6 is 0 Å². The zero-order valence-electron chi connectivity index (χ0n) is 18.4. The number of amides is 1. The van der Waals surface area contributed by atoms with E-state index < -0.39 is 10.0 Å². The van der Waals surface area contributed by atoms with Crippen LogP contribution < -0.4 is 4.74 Å². The van der Waals surface area contributed by atoms with Gasteiger partial charge in [-0.05, 0) is 49.6 Å². The molecule has 0 unspecified atom stereocenters. The molecule has 0 bridgehead atoms. The summed E-state index contributed by atoms with van der Waals surface area (Å²) in [7, 11) is -0.255. The molecular formula is C24H32N2O4S. The molecule has 0 spiro atoms. The van der Waals surface area contributed by atoms with E-state index in [1.807, 2.05) is 30.3 Å². The first-order valence-corrected chi connectivity index (χ1v) is 12.3. The van der Waals surface area contributed by atoms with E-state index in [4.69, 9.17) is 4.74 Å². The smallest absolute Gasteiger partial charge is 0.253 e. The molecule has 1 fully saturated rings. The Balaban J connectivity index is 1.59. The van der Waals surface area contributed by atoms with Gasteiger partial charge in [0, 0.05) is 32.2 Å². The van der Waals surface area contributed by atoms with E-state index >= 15 is 0 Å². The number of hydrogen-bond donors (Lipinski definition) is 0. The van der Waals surface area contributed by atoms with E-state index in [9.17, 15) is 13.2 Å². The highest BCUT2D eigenvalue weighted by Gasteiger charge is 2.29. The molecule has 1 aliphatic rings. The molecule has 1 aliphatic carbocycles. The molecule has 1 amide bonds. The van der Waals surface area contributed by atoms with Crippen LogP contribution in [-0.2, 0) is 10.0 Å². The summed E-state index contributed by atoms with van der Waals surface area (Å²) in [5.41, 5.74) is 0.379. The molecule has 0 aliphatic heterocycles. The molecule has 168 valence electrons. The maximum absolute atomic E-state index is 13.1. The highest BCUT2D eigenvalue weighted by atomic mass is 32.2. The molecule has 6 nitrogen and oxygen atoms in total. The summed E-state index contributed by atoms with van der Waals surface area (Å²) >= 11 is 0. The Hall–Kier alpha value is -2.38. The standard InChI is InChI=1S/C24H32N2O4S/c1-25(17-10-18-30-22-14-7-4-8-15-22)24(27)20-11-9-16-23(19-20)31(28,29)26(2)21-12-5-3-6-13-21/h4,7-9,11,14-16,19,21H,3,5-6,10,12-13,17-18H2,1-2H3. The van der Waals surface area contributed by atoms with Gasteiger partial charge >= 0.3 is 0 Å². The maximum Gasteiger partial charge on any atom is 0.253 e. The van der Waals surface area contributed by atoms with Gasteiger partial charge in [-0.15, -0.1) is 0 Å². The molecule has 3 rings (SSSR count). The van der Waals surface area contributed by atoms with E-state index in [0.717, 1.165) is 37.9 Å². The molecule has 0 radical (unpaired) electrons. The lowest BCUT2D eigenvalue weighted by molar-refractivity contribution is 0.0787. The van der Waals surface area contributed by atoms with Crippen molar-refractivity contribution in [3.63, 3.8) is 0 Å². The fourth-order valence-corrected chi connectivity index (χ4v) is 5.39. The minimum Gasteiger partial charge on any atom is -0.494 e. The molecule has 0 aromatic heterocycles. The molecule has 1 saturated carbocycles. The maximum atomic E-state index is 13.1. The van der Waals surface area contributed by atoms with Crippen molar-refractivity contribution < 1.29 is 17.9 Å². The monoisotopic (exact) mass is 444 g/mol. The molecule has 0 N–H and O–H groups in total. The van der Waals surface area contributed by atoms with Gasteiger partial charge in [0.2, 0.25) is 10.0 Å². The predicted molar refractivity (Wildman–Crippen MR) is 122 cm³/mol. The first-order chi connectivity index (χ1) is 14.9. The normalized spacial score (nSPS) is 15.1. The average molecular weight is 445 g/mol. The molecule has 0 atom stereocenters. The fourth-order valence-electron chi connectivity index (χ4n) is 3.93. The van der Waals surface area contributed by atoms with Gasteiger partial charge < -0.3 is 9.64 Å². The number of sulfonamides is 1. The quantitative estimate of drug-likeness (QED) is 0.544. The third-order valence-corrected chi connectivity index (χ3v) is 7.75. The second kappa shape index (κ2) is 10.8. The van der Waals surface area contributed by atoms with Crippen molar-refractivity contribution in [3.8, 4) is 5.75 Å². The number of rotatable bonds is 9. The van der Waals surface area contributed by atoms with E-state index in [1.165, 1.54) is 10.4 Å². The van der Waals surface area contributed by atoms with Crippen molar-refractivity contribution in [2.75, 3.05) is 27.2 Å². The molecule has 0 saturated heterocycles. The van der Waals surface area contributed by atoms with Gasteiger partial charge in [0.25, 0.3) is 5.91 Å². The summed E-state index contributed by atoms with van der Waals surface area (Å²) in [6.45, 7) is 1.02. The number of ether oxygens (including phenoxy) is 1.